The molecule has 1 aliphatic rings. The Morgan fingerprint density at radius 2 is 1.97 bits per heavy atom. The number of hydrogen-bond donors (Lipinski definition) is 3. The number of benzene rings is 2. The highest BCUT2D eigenvalue weighted by Gasteiger charge is 2.47. The lowest BCUT2D eigenvalue weighted by Gasteiger charge is -2.27. The molecule has 3 aromatic rings. The number of aromatic nitrogens is 1. The van der Waals surface area contributed by atoms with Gasteiger partial charge < -0.3 is 19.7 Å². The van der Waals surface area contributed by atoms with Crippen molar-refractivity contribution >= 4 is 34.3 Å². The van der Waals surface area contributed by atoms with Crippen LogP contribution in [0.5, 0.6) is 11.6 Å². The van der Waals surface area contributed by atoms with Gasteiger partial charge in [-0.05, 0) is 29.8 Å². The molecular weight excluding hydrogens is 401 g/mol. The molecule has 1 aromatic heterocycles. The largest absolute Gasteiger partial charge is 0.495 e. The normalized spacial score (nSPS) is 18.7. The Labute approximate surface area is 170 Å². The number of methoxy groups -OCH3 is 1. The van der Waals surface area contributed by atoms with E-state index in [-0.39, 0.29) is 18.8 Å². The number of urea groups is 1. The van der Waals surface area contributed by atoms with E-state index in [1.165, 1.54) is 23.8 Å². The van der Waals surface area contributed by atoms with E-state index >= 15 is 0 Å². The van der Waals surface area contributed by atoms with Gasteiger partial charge in [-0.2, -0.15) is 0 Å². The predicted octanol–water partition coefficient (Wildman–Crippen LogP) is 2.97. The third-order valence-electron chi connectivity index (χ3n) is 5.01. The number of imide groups is 1. The quantitative estimate of drug-likeness (QED) is 0.556. The van der Waals surface area contributed by atoms with Gasteiger partial charge in [0, 0.05) is 23.4 Å². The van der Waals surface area contributed by atoms with Crippen molar-refractivity contribution < 1.29 is 23.8 Å². The summed E-state index contributed by atoms with van der Waals surface area (Å²) in [5, 5.41) is 17.1. The lowest BCUT2D eigenvalue weighted by molar-refractivity contribution is -0.124. The van der Waals surface area contributed by atoms with Crippen LogP contribution in [0.1, 0.15) is 5.56 Å². The molecule has 1 atom stereocenters. The first-order chi connectivity index (χ1) is 13.8. The standard InChI is InChI=1S/C20H17ClFN3O4/c1-29-16-6-12-9-25(17(26)14(12)7-15(16)21)10-20(18(27)23-19(28)24-20)8-11-2-4-13(22)5-3-11/h2-7,9,26H,8,10H2,1H3,(H2,23,24,27,28). The Kier molecular flexibility index (Phi) is 4.58. The Hall–Kier alpha value is -3.26. The Balaban J connectivity index is 1.75. The smallest absolute Gasteiger partial charge is 0.322 e. The first-order valence-electron chi connectivity index (χ1n) is 8.75. The van der Waals surface area contributed by atoms with Crippen LogP contribution in [-0.4, -0.2) is 34.3 Å². The lowest BCUT2D eigenvalue weighted by atomic mass is 9.90. The zero-order chi connectivity index (χ0) is 20.8. The molecule has 2 heterocycles. The molecule has 0 saturated carbocycles. The summed E-state index contributed by atoms with van der Waals surface area (Å²) in [6.45, 7) is -0.0393. The van der Waals surface area contributed by atoms with Crippen LogP contribution in [0.25, 0.3) is 10.8 Å². The first kappa shape index (κ1) is 19.1. The minimum absolute atomic E-state index is 0.0393. The van der Waals surface area contributed by atoms with Crippen molar-refractivity contribution in [3.63, 3.8) is 0 Å². The van der Waals surface area contributed by atoms with Gasteiger partial charge in [0.05, 0.1) is 18.7 Å². The van der Waals surface area contributed by atoms with Crippen molar-refractivity contribution in [1.82, 2.24) is 15.2 Å². The van der Waals surface area contributed by atoms with E-state index in [1.807, 2.05) is 0 Å². The molecule has 1 aliphatic heterocycles. The molecule has 29 heavy (non-hydrogen) atoms. The maximum Gasteiger partial charge on any atom is 0.322 e. The van der Waals surface area contributed by atoms with E-state index in [9.17, 15) is 19.1 Å². The molecule has 2 aromatic carbocycles. The minimum atomic E-state index is -1.35. The molecular formula is C20H17ClFN3O4. The number of aromatic hydroxyl groups is 1. The van der Waals surface area contributed by atoms with E-state index in [1.54, 1.807) is 30.5 Å². The number of hydrogen-bond acceptors (Lipinski definition) is 4. The monoisotopic (exact) mass is 417 g/mol. The third-order valence-corrected chi connectivity index (χ3v) is 5.30. The Morgan fingerprint density at radius 1 is 1.24 bits per heavy atom. The molecule has 1 saturated heterocycles. The van der Waals surface area contributed by atoms with Crippen LogP contribution in [0, 0.1) is 5.82 Å². The number of carbonyl (C=O) groups excluding carboxylic acids is 2. The Bertz CT molecular complexity index is 1130. The zero-order valence-corrected chi connectivity index (χ0v) is 16.1. The summed E-state index contributed by atoms with van der Waals surface area (Å²) in [4.78, 5) is 24.5. The summed E-state index contributed by atoms with van der Waals surface area (Å²) in [5.74, 6) is -0.580. The molecule has 1 unspecified atom stereocenters. The van der Waals surface area contributed by atoms with E-state index in [0.717, 1.165) is 0 Å². The van der Waals surface area contributed by atoms with Crippen molar-refractivity contribution in [2.45, 2.75) is 18.5 Å². The van der Waals surface area contributed by atoms with Crippen LogP contribution in [-0.2, 0) is 17.8 Å². The van der Waals surface area contributed by atoms with Crippen molar-refractivity contribution in [2.75, 3.05) is 7.11 Å². The van der Waals surface area contributed by atoms with Gasteiger partial charge in [-0.1, -0.05) is 23.7 Å². The summed E-state index contributed by atoms with van der Waals surface area (Å²) < 4.78 is 19.9. The fraction of sp³-hybridized carbons (Fsp3) is 0.200. The van der Waals surface area contributed by atoms with Crippen LogP contribution in [0.3, 0.4) is 0 Å². The van der Waals surface area contributed by atoms with E-state index < -0.39 is 23.3 Å². The van der Waals surface area contributed by atoms with Crippen molar-refractivity contribution in [1.29, 1.82) is 0 Å². The van der Waals surface area contributed by atoms with E-state index in [4.69, 9.17) is 16.3 Å². The van der Waals surface area contributed by atoms with Crippen LogP contribution in [0.15, 0.2) is 42.6 Å². The number of nitrogens with one attached hydrogen (secondary N) is 2. The third kappa shape index (κ3) is 3.36. The summed E-state index contributed by atoms with van der Waals surface area (Å²) in [6.07, 6.45) is 1.76. The van der Waals surface area contributed by atoms with Gasteiger partial charge in [0.1, 0.15) is 17.1 Å². The van der Waals surface area contributed by atoms with Gasteiger partial charge in [0.15, 0.2) is 5.88 Å². The molecule has 0 bridgehead atoms. The molecule has 9 heteroatoms. The minimum Gasteiger partial charge on any atom is -0.495 e. The van der Waals surface area contributed by atoms with E-state index in [0.29, 0.717) is 27.1 Å². The highest BCUT2D eigenvalue weighted by molar-refractivity contribution is 6.33. The highest BCUT2D eigenvalue weighted by atomic mass is 35.5. The molecule has 3 N–H and O–H groups in total. The molecule has 0 spiro atoms. The summed E-state index contributed by atoms with van der Waals surface area (Å²) >= 11 is 6.15. The number of carbonyl (C=O) groups is 2. The number of halogens is 2. The first-order valence-corrected chi connectivity index (χ1v) is 9.12. The van der Waals surface area contributed by atoms with Crippen LogP contribution in [0.2, 0.25) is 5.02 Å². The number of rotatable bonds is 5. The van der Waals surface area contributed by atoms with Gasteiger partial charge in [-0.25, -0.2) is 9.18 Å². The second-order valence-corrected chi connectivity index (χ2v) is 7.36. The molecule has 3 amide bonds. The van der Waals surface area contributed by atoms with Crippen LogP contribution >= 0.6 is 11.6 Å². The fourth-order valence-corrected chi connectivity index (χ4v) is 3.83. The van der Waals surface area contributed by atoms with Crippen molar-refractivity contribution in [3.8, 4) is 11.6 Å². The molecule has 7 nitrogen and oxygen atoms in total. The molecule has 1 fully saturated rings. The maximum atomic E-state index is 13.2. The summed E-state index contributed by atoms with van der Waals surface area (Å²) in [6, 6.07) is 8.28. The number of fused-ring (bicyclic) bond motifs is 1. The maximum absolute atomic E-state index is 13.2. The average Bonchev–Trinajstić information content (AvgIpc) is 3.12. The van der Waals surface area contributed by atoms with Crippen LogP contribution < -0.4 is 15.4 Å². The molecule has 0 aliphatic carbocycles. The topological polar surface area (TPSA) is 92.6 Å². The Morgan fingerprint density at radius 3 is 2.59 bits per heavy atom. The molecule has 150 valence electrons. The number of ether oxygens (including phenoxy) is 1. The summed E-state index contributed by atoms with van der Waals surface area (Å²) in [7, 11) is 1.49. The number of nitrogens with zero attached hydrogens (tertiary/aromatic N) is 1. The van der Waals surface area contributed by atoms with Gasteiger partial charge >= 0.3 is 6.03 Å². The highest BCUT2D eigenvalue weighted by Crippen LogP contribution is 2.36. The molecule has 4 rings (SSSR count). The van der Waals surface area contributed by atoms with Gasteiger partial charge in [0.25, 0.3) is 5.91 Å². The lowest BCUT2D eigenvalue weighted by Crippen LogP contribution is -2.52. The van der Waals surface area contributed by atoms with E-state index in [2.05, 4.69) is 10.6 Å². The van der Waals surface area contributed by atoms with Gasteiger partial charge in [0.2, 0.25) is 0 Å². The second-order valence-electron chi connectivity index (χ2n) is 6.95. The van der Waals surface area contributed by atoms with Crippen molar-refractivity contribution in [2.24, 2.45) is 0 Å². The van der Waals surface area contributed by atoms with Gasteiger partial charge in [-0.3, -0.25) is 10.1 Å². The predicted molar refractivity (Wildman–Crippen MR) is 105 cm³/mol. The second kappa shape index (κ2) is 6.97. The molecule has 0 radical (unpaired) electrons. The van der Waals surface area contributed by atoms with Gasteiger partial charge in [-0.15, -0.1) is 0 Å². The zero-order valence-electron chi connectivity index (χ0n) is 15.3. The summed E-state index contributed by atoms with van der Waals surface area (Å²) in [5.41, 5.74) is -0.695. The average molecular weight is 418 g/mol. The van der Waals surface area contributed by atoms with Crippen molar-refractivity contribution in [3.05, 3.63) is 59.0 Å². The SMILES string of the molecule is COc1cc2cn(CC3(Cc4ccc(F)cc4)NC(=O)NC3=O)c(O)c2cc1Cl. The van der Waals surface area contributed by atoms with Crippen LogP contribution in [0.4, 0.5) is 9.18 Å². The fourth-order valence-electron chi connectivity index (χ4n) is 3.59. The number of amides is 3.